The molecule has 0 spiro atoms. The lowest BCUT2D eigenvalue weighted by Gasteiger charge is -2.08. The molecule has 2 nitrogen and oxygen atoms in total. The molecule has 1 heterocycles. The first-order valence-electron chi connectivity index (χ1n) is 5.91. The van der Waals surface area contributed by atoms with E-state index >= 15 is 0 Å². The fourth-order valence-electron chi connectivity index (χ4n) is 1.83. The Morgan fingerprint density at radius 1 is 1.33 bits per heavy atom. The lowest BCUT2D eigenvalue weighted by Crippen LogP contribution is -2.00. The van der Waals surface area contributed by atoms with Gasteiger partial charge in [-0.1, -0.05) is 49.8 Å². The van der Waals surface area contributed by atoms with E-state index in [0.29, 0.717) is 15.6 Å². The van der Waals surface area contributed by atoms with Crippen LogP contribution in [0, 0.1) is 10.6 Å². The van der Waals surface area contributed by atoms with Crippen LogP contribution in [0.5, 0.6) is 0 Å². The first kappa shape index (κ1) is 13.2. The van der Waals surface area contributed by atoms with Gasteiger partial charge in [0.15, 0.2) is 0 Å². The maximum absolute atomic E-state index is 5.99. The highest BCUT2D eigenvalue weighted by molar-refractivity contribution is 7.71. The van der Waals surface area contributed by atoms with Gasteiger partial charge >= 0.3 is 0 Å². The van der Waals surface area contributed by atoms with Crippen molar-refractivity contribution >= 4 is 23.8 Å². The van der Waals surface area contributed by atoms with E-state index < -0.39 is 0 Å². The highest BCUT2D eigenvalue weighted by atomic mass is 35.5. The van der Waals surface area contributed by atoms with Crippen LogP contribution in [0.25, 0.3) is 11.4 Å². The van der Waals surface area contributed by atoms with Crippen LogP contribution < -0.4 is 0 Å². The quantitative estimate of drug-likeness (QED) is 0.828. The number of rotatable bonds is 3. The monoisotopic (exact) mass is 278 g/mol. The fraction of sp³-hybridized carbons (Fsp3) is 0.286. The Balaban J connectivity index is 2.45. The number of hydrogen-bond donors (Lipinski definition) is 1. The van der Waals surface area contributed by atoms with E-state index in [0.717, 1.165) is 23.5 Å². The molecule has 0 fully saturated rings. The molecular weight excluding hydrogens is 264 g/mol. The molecule has 18 heavy (non-hydrogen) atoms. The molecule has 0 aliphatic heterocycles. The van der Waals surface area contributed by atoms with Gasteiger partial charge in [-0.05, 0) is 30.5 Å². The van der Waals surface area contributed by atoms with E-state index in [2.05, 4.69) is 23.8 Å². The van der Waals surface area contributed by atoms with Gasteiger partial charge in [-0.2, -0.15) is 0 Å². The first-order valence-corrected chi connectivity index (χ1v) is 6.69. The minimum atomic E-state index is 0.574. The van der Waals surface area contributed by atoms with Crippen molar-refractivity contribution in [3.8, 4) is 11.4 Å². The minimum absolute atomic E-state index is 0.574. The van der Waals surface area contributed by atoms with E-state index in [1.807, 2.05) is 30.3 Å². The summed E-state index contributed by atoms with van der Waals surface area (Å²) in [5, 5.41) is 0.697. The average molecular weight is 279 g/mol. The van der Waals surface area contributed by atoms with E-state index in [9.17, 15) is 0 Å². The molecule has 1 aromatic heterocycles. The molecule has 0 atom stereocenters. The predicted octanol–water partition coefficient (Wildman–Crippen LogP) is 4.66. The lowest BCUT2D eigenvalue weighted by atomic mass is 10.1. The molecule has 94 valence electrons. The van der Waals surface area contributed by atoms with Crippen molar-refractivity contribution in [1.82, 2.24) is 9.97 Å². The van der Waals surface area contributed by atoms with Crippen molar-refractivity contribution in [2.24, 2.45) is 5.92 Å². The van der Waals surface area contributed by atoms with Gasteiger partial charge in [0.05, 0.1) is 0 Å². The van der Waals surface area contributed by atoms with Gasteiger partial charge in [0.1, 0.15) is 10.5 Å². The molecule has 0 saturated heterocycles. The largest absolute Gasteiger partial charge is 0.343 e. The molecule has 1 aromatic carbocycles. The molecule has 0 radical (unpaired) electrons. The third-order valence-electron chi connectivity index (χ3n) is 2.52. The second-order valence-electron chi connectivity index (χ2n) is 4.70. The van der Waals surface area contributed by atoms with Gasteiger partial charge < -0.3 is 4.98 Å². The van der Waals surface area contributed by atoms with Gasteiger partial charge in [-0.15, -0.1) is 0 Å². The summed E-state index contributed by atoms with van der Waals surface area (Å²) in [6.45, 7) is 4.35. The summed E-state index contributed by atoms with van der Waals surface area (Å²) in [4.78, 5) is 7.68. The molecule has 0 aliphatic rings. The number of halogens is 1. The summed E-state index contributed by atoms with van der Waals surface area (Å²) in [7, 11) is 0. The molecule has 0 unspecified atom stereocenters. The van der Waals surface area contributed by atoms with E-state index in [4.69, 9.17) is 23.8 Å². The smallest absolute Gasteiger partial charge is 0.139 e. The molecule has 0 aliphatic carbocycles. The van der Waals surface area contributed by atoms with Crippen molar-refractivity contribution in [2.45, 2.75) is 20.3 Å². The Morgan fingerprint density at radius 2 is 2.11 bits per heavy atom. The average Bonchev–Trinajstić information content (AvgIpc) is 2.27. The third-order valence-corrected chi connectivity index (χ3v) is 2.97. The Bertz CT molecular complexity index is 605. The Morgan fingerprint density at radius 3 is 2.78 bits per heavy atom. The normalized spacial score (nSPS) is 10.9. The van der Waals surface area contributed by atoms with E-state index in [-0.39, 0.29) is 0 Å². The number of nitrogens with zero attached hydrogens (tertiary/aromatic N) is 1. The molecule has 0 amide bonds. The van der Waals surface area contributed by atoms with Crippen LogP contribution >= 0.6 is 23.8 Å². The fourth-order valence-corrected chi connectivity index (χ4v) is 2.25. The van der Waals surface area contributed by atoms with Crippen LogP contribution in [0.4, 0.5) is 0 Å². The molecule has 1 N–H and O–H groups in total. The highest BCUT2D eigenvalue weighted by Crippen LogP contribution is 2.20. The molecule has 0 bridgehead atoms. The maximum Gasteiger partial charge on any atom is 0.139 e. The van der Waals surface area contributed by atoms with Crippen LogP contribution in [0.2, 0.25) is 5.02 Å². The van der Waals surface area contributed by atoms with Crippen molar-refractivity contribution in [2.75, 3.05) is 0 Å². The van der Waals surface area contributed by atoms with Crippen molar-refractivity contribution in [3.63, 3.8) is 0 Å². The number of aromatic nitrogens is 2. The Hall–Kier alpha value is -1.19. The topological polar surface area (TPSA) is 28.7 Å². The van der Waals surface area contributed by atoms with Crippen molar-refractivity contribution in [3.05, 3.63) is 45.7 Å². The number of nitrogens with one attached hydrogen (secondary N) is 1. The number of aromatic amines is 1. The van der Waals surface area contributed by atoms with Crippen LogP contribution in [0.1, 0.15) is 19.5 Å². The van der Waals surface area contributed by atoms with Crippen LogP contribution in [-0.2, 0) is 6.42 Å². The molecule has 4 heteroatoms. The SMILES string of the molecule is CC(C)Cc1cc(=S)nc(-c2cccc(Cl)c2)[nH]1. The predicted molar refractivity (Wildman–Crippen MR) is 78.4 cm³/mol. The van der Waals surface area contributed by atoms with Gasteiger partial charge in [0, 0.05) is 16.3 Å². The Labute approximate surface area is 117 Å². The van der Waals surface area contributed by atoms with Gasteiger partial charge in [0.2, 0.25) is 0 Å². The van der Waals surface area contributed by atoms with Crippen LogP contribution in [-0.4, -0.2) is 9.97 Å². The van der Waals surface area contributed by atoms with Crippen molar-refractivity contribution in [1.29, 1.82) is 0 Å². The van der Waals surface area contributed by atoms with Crippen LogP contribution in [0.3, 0.4) is 0 Å². The van der Waals surface area contributed by atoms with E-state index in [1.54, 1.807) is 0 Å². The zero-order chi connectivity index (χ0) is 13.1. The second-order valence-corrected chi connectivity index (χ2v) is 5.56. The number of benzene rings is 1. The summed E-state index contributed by atoms with van der Waals surface area (Å²) in [5.41, 5.74) is 2.07. The molecule has 2 rings (SSSR count). The first-order chi connectivity index (χ1) is 8.54. The molecular formula is C14H15ClN2S. The van der Waals surface area contributed by atoms with Gasteiger partial charge in [-0.3, -0.25) is 0 Å². The van der Waals surface area contributed by atoms with E-state index in [1.165, 1.54) is 0 Å². The summed E-state index contributed by atoms with van der Waals surface area (Å²) in [6.07, 6.45) is 0.958. The highest BCUT2D eigenvalue weighted by Gasteiger charge is 2.04. The second kappa shape index (κ2) is 5.63. The lowest BCUT2D eigenvalue weighted by molar-refractivity contribution is 0.634. The summed E-state index contributed by atoms with van der Waals surface area (Å²) in [6, 6.07) is 9.53. The Kier molecular flexibility index (Phi) is 4.15. The summed E-state index contributed by atoms with van der Waals surface area (Å²) in [5.74, 6) is 1.35. The summed E-state index contributed by atoms with van der Waals surface area (Å²) >= 11 is 11.2. The minimum Gasteiger partial charge on any atom is -0.343 e. The number of hydrogen-bond acceptors (Lipinski definition) is 2. The molecule has 0 saturated carbocycles. The summed E-state index contributed by atoms with van der Waals surface area (Å²) < 4.78 is 0.611. The zero-order valence-electron chi connectivity index (χ0n) is 10.4. The van der Waals surface area contributed by atoms with Crippen molar-refractivity contribution < 1.29 is 0 Å². The zero-order valence-corrected chi connectivity index (χ0v) is 12.0. The third kappa shape index (κ3) is 3.40. The number of H-pyrrole nitrogens is 1. The molecule has 2 aromatic rings. The standard InChI is InChI=1S/C14H15ClN2S/c1-9(2)6-12-8-13(18)17-14(16-12)10-4-3-5-11(15)7-10/h3-5,7-9H,6H2,1-2H3,(H,16,17,18). The van der Waals surface area contributed by atoms with Gasteiger partial charge in [-0.25, -0.2) is 4.98 Å². The van der Waals surface area contributed by atoms with Gasteiger partial charge in [0.25, 0.3) is 0 Å². The van der Waals surface area contributed by atoms with Crippen LogP contribution in [0.15, 0.2) is 30.3 Å². The maximum atomic E-state index is 5.99.